The summed E-state index contributed by atoms with van der Waals surface area (Å²) in [7, 11) is 0.286. The third-order valence-corrected chi connectivity index (χ3v) is 5.18. The standard InChI is InChI=1S/C14H27N3O2S/c1-11(2)9-17(12(3)4)20(18,19)14-7-13(8-15-5)16(6)10-14/h7,10-12,15H,8-9H2,1-6H3. The first-order chi connectivity index (χ1) is 9.20. The summed E-state index contributed by atoms with van der Waals surface area (Å²) in [6.07, 6.45) is 1.69. The number of nitrogens with zero attached hydrogens (tertiary/aromatic N) is 2. The van der Waals surface area contributed by atoms with Crippen LogP contribution in [0.5, 0.6) is 0 Å². The second-order valence-electron chi connectivity index (χ2n) is 5.87. The van der Waals surface area contributed by atoms with Crippen LogP contribution in [-0.4, -0.2) is 36.9 Å². The largest absolute Gasteiger partial charge is 0.352 e. The minimum Gasteiger partial charge on any atom is -0.352 e. The second kappa shape index (κ2) is 6.74. The molecule has 0 amide bonds. The lowest BCUT2D eigenvalue weighted by atomic mass is 10.2. The number of aromatic nitrogens is 1. The molecular formula is C14H27N3O2S. The topological polar surface area (TPSA) is 54.3 Å². The Bertz CT molecular complexity index is 533. The number of nitrogens with one attached hydrogen (secondary N) is 1. The first-order valence-corrected chi connectivity index (χ1v) is 8.45. The molecule has 0 radical (unpaired) electrons. The lowest BCUT2D eigenvalue weighted by molar-refractivity contribution is 0.319. The first kappa shape index (κ1) is 17.2. The van der Waals surface area contributed by atoms with E-state index in [4.69, 9.17) is 0 Å². The van der Waals surface area contributed by atoms with Gasteiger partial charge in [0.1, 0.15) is 4.90 Å². The highest BCUT2D eigenvalue weighted by Gasteiger charge is 2.28. The van der Waals surface area contributed by atoms with E-state index in [1.54, 1.807) is 16.6 Å². The van der Waals surface area contributed by atoms with Crippen molar-refractivity contribution >= 4 is 10.0 Å². The van der Waals surface area contributed by atoms with Crippen LogP contribution >= 0.6 is 0 Å². The molecule has 1 aromatic heterocycles. The molecule has 5 nitrogen and oxygen atoms in total. The van der Waals surface area contributed by atoms with Gasteiger partial charge in [0, 0.05) is 38.1 Å². The summed E-state index contributed by atoms with van der Waals surface area (Å²) < 4.78 is 29.0. The molecule has 0 aliphatic rings. The highest BCUT2D eigenvalue weighted by atomic mass is 32.2. The van der Waals surface area contributed by atoms with Crippen LogP contribution in [0.1, 0.15) is 33.4 Å². The average Bonchev–Trinajstić information content (AvgIpc) is 2.68. The molecule has 1 rings (SSSR count). The molecule has 0 aliphatic carbocycles. The van der Waals surface area contributed by atoms with E-state index in [0.29, 0.717) is 23.9 Å². The van der Waals surface area contributed by atoms with Crippen molar-refractivity contribution < 1.29 is 8.42 Å². The van der Waals surface area contributed by atoms with E-state index in [-0.39, 0.29) is 6.04 Å². The van der Waals surface area contributed by atoms with Gasteiger partial charge < -0.3 is 9.88 Å². The molecule has 0 saturated heterocycles. The number of hydrogen-bond donors (Lipinski definition) is 1. The van der Waals surface area contributed by atoms with Crippen molar-refractivity contribution in [3.05, 3.63) is 18.0 Å². The molecular weight excluding hydrogens is 274 g/mol. The van der Waals surface area contributed by atoms with E-state index in [1.165, 1.54) is 0 Å². The van der Waals surface area contributed by atoms with Gasteiger partial charge in [-0.15, -0.1) is 0 Å². The van der Waals surface area contributed by atoms with E-state index < -0.39 is 10.0 Å². The molecule has 0 aromatic carbocycles. The quantitative estimate of drug-likeness (QED) is 0.835. The molecule has 6 heteroatoms. The van der Waals surface area contributed by atoms with Crippen molar-refractivity contribution in [2.45, 2.75) is 45.2 Å². The Morgan fingerprint density at radius 3 is 2.35 bits per heavy atom. The smallest absolute Gasteiger partial charge is 0.244 e. The molecule has 0 saturated carbocycles. The van der Waals surface area contributed by atoms with E-state index in [1.807, 2.05) is 46.4 Å². The molecule has 0 aliphatic heterocycles. The van der Waals surface area contributed by atoms with Crippen LogP contribution in [0, 0.1) is 5.92 Å². The van der Waals surface area contributed by atoms with Gasteiger partial charge in [0.25, 0.3) is 0 Å². The highest BCUT2D eigenvalue weighted by molar-refractivity contribution is 7.89. The molecule has 1 N–H and O–H groups in total. The van der Waals surface area contributed by atoms with E-state index in [9.17, 15) is 8.42 Å². The minimum atomic E-state index is -3.43. The van der Waals surface area contributed by atoms with E-state index in [2.05, 4.69) is 5.32 Å². The van der Waals surface area contributed by atoms with Crippen LogP contribution in [0.3, 0.4) is 0 Å². The summed E-state index contributed by atoms with van der Waals surface area (Å²) >= 11 is 0. The Balaban J connectivity index is 3.16. The Hall–Kier alpha value is -0.850. The highest BCUT2D eigenvalue weighted by Crippen LogP contribution is 2.21. The van der Waals surface area contributed by atoms with Gasteiger partial charge in [0.15, 0.2) is 0 Å². The normalized spacial score (nSPS) is 12.8. The minimum absolute atomic E-state index is 0.0460. The van der Waals surface area contributed by atoms with Gasteiger partial charge in [-0.3, -0.25) is 0 Å². The molecule has 0 atom stereocenters. The van der Waals surface area contributed by atoms with E-state index in [0.717, 1.165) is 5.69 Å². The van der Waals surface area contributed by atoms with Gasteiger partial charge in [-0.2, -0.15) is 4.31 Å². The molecule has 0 bridgehead atoms. The van der Waals surface area contributed by atoms with Crippen molar-refractivity contribution in [2.24, 2.45) is 13.0 Å². The molecule has 1 aromatic rings. The Morgan fingerprint density at radius 1 is 1.30 bits per heavy atom. The lowest BCUT2D eigenvalue weighted by Gasteiger charge is -2.27. The van der Waals surface area contributed by atoms with Gasteiger partial charge in [-0.25, -0.2) is 8.42 Å². The van der Waals surface area contributed by atoms with Crippen LogP contribution in [0.2, 0.25) is 0 Å². The van der Waals surface area contributed by atoms with Gasteiger partial charge in [0.05, 0.1) is 0 Å². The summed E-state index contributed by atoms with van der Waals surface area (Å²) in [5, 5.41) is 3.04. The number of rotatable bonds is 7. The van der Waals surface area contributed by atoms with Crippen LogP contribution in [-0.2, 0) is 23.6 Å². The van der Waals surface area contributed by atoms with E-state index >= 15 is 0 Å². The number of hydrogen-bond acceptors (Lipinski definition) is 3. The summed E-state index contributed by atoms with van der Waals surface area (Å²) in [5.74, 6) is 0.299. The van der Waals surface area contributed by atoms with Gasteiger partial charge in [-0.05, 0) is 32.9 Å². The zero-order valence-electron chi connectivity index (χ0n) is 13.3. The Morgan fingerprint density at radius 2 is 1.90 bits per heavy atom. The van der Waals surface area contributed by atoms with Gasteiger partial charge in [-0.1, -0.05) is 13.8 Å². The zero-order chi connectivity index (χ0) is 15.5. The SMILES string of the molecule is CNCc1cc(S(=O)(=O)N(CC(C)C)C(C)C)cn1C. The Kier molecular flexibility index (Phi) is 5.79. The fourth-order valence-electron chi connectivity index (χ4n) is 2.16. The van der Waals surface area contributed by atoms with Crippen molar-refractivity contribution in [3.8, 4) is 0 Å². The molecule has 116 valence electrons. The third kappa shape index (κ3) is 3.84. The van der Waals surface area contributed by atoms with Gasteiger partial charge >= 0.3 is 0 Å². The lowest BCUT2D eigenvalue weighted by Crippen LogP contribution is -2.39. The van der Waals surface area contributed by atoms with Crippen LogP contribution < -0.4 is 5.32 Å². The fourth-order valence-corrected chi connectivity index (χ4v) is 4.05. The second-order valence-corrected chi connectivity index (χ2v) is 7.76. The maximum absolute atomic E-state index is 12.8. The summed E-state index contributed by atoms with van der Waals surface area (Å²) in [4.78, 5) is 0.375. The van der Waals surface area contributed by atoms with Crippen molar-refractivity contribution in [1.82, 2.24) is 14.2 Å². The first-order valence-electron chi connectivity index (χ1n) is 7.01. The molecule has 0 spiro atoms. The molecule has 20 heavy (non-hydrogen) atoms. The molecule has 0 unspecified atom stereocenters. The number of sulfonamides is 1. The fraction of sp³-hybridized carbons (Fsp3) is 0.714. The third-order valence-electron chi connectivity index (χ3n) is 3.17. The Labute approximate surface area is 123 Å². The van der Waals surface area contributed by atoms with Crippen molar-refractivity contribution in [2.75, 3.05) is 13.6 Å². The maximum Gasteiger partial charge on any atom is 0.244 e. The summed E-state index contributed by atoms with van der Waals surface area (Å²) in [6.45, 7) is 9.08. The average molecular weight is 301 g/mol. The van der Waals surface area contributed by atoms with Crippen LogP contribution in [0.4, 0.5) is 0 Å². The van der Waals surface area contributed by atoms with Gasteiger partial charge in [0.2, 0.25) is 10.0 Å². The zero-order valence-corrected chi connectivity index (χ0v) is 14.2. The van der Waals surface area contributed by atoms with Crippen molar-refractivity contribution in [1.29, 1.82) is 0 Å². The number of aryl methyl sites for hydroxylation is 1. The predicted octanol–water partition coefficient (Wildman–Crippen LogP) is 1.80. The van der Waals surface area contributed by atoms with Crippen molar-refractivity contribution in [3.63, 3.8) is 0 Å². The van der Waals surface area contributed by atoms with Crippen LogP contribution in [0.25, 0.3) is 0 Å². The molecule has 0 fully saturated rings. The summed E-state index contributed by atoms with van der Waals surface area (Å²) in [6, 6.07) is 1.71. The maximum atomic E-state index is 12.8. The molecule has 1 heterocycles. The summed E-state index contributed by atoms with van der Waals surface area (Å²) in [5.41, 5.74) is 0.958. The monoisotopic (exact) mass is 301 g/mol. The van der Waals surface area contributed by atoms with Crippen LogP contribution in [0.15, 0.2) is 17.2 Å². The predicted molar refractivity (Wildman–Crippen MR) is 82.0 cm³/mol.